The molecule has 1 N–H and O–H groups in total. The zero-order valence-electron chi connectivity index (χ0n) is 13.7. The van der Waals surface area contributed by atoms with E-state index in [4.69, 9.17) is 4.42 Å². The summed E-state index contributed by atoms with van der Waals surface area (Å²) in [5.41, 5.74) is 2.15. The third kappa shape index (κ3) is 3.34. The molecule has 1 aliphatic rings. The number of amides is 1. The van der Waals surface area contributed by atoms with Crippen LogP contribution in [-0.4, -0.2) is 54.0 Å². The van der Waals surface area contributed by atoms with Gasteiger partial charge >= 0.3 is 0 Å². The summed E-state index contributed by atoms with van der Waals surface area (Å²) in [6.45, 7) is 7.58. The first-order valence-electron chi connectivity index (χ1n) is 7.68. The summed E-state index contributed by atoms with van der Waals surface area (Å²) in [5, 5.41) is 2.83. The van der Waals surface area contributed by atoms with Crippen molar-refractivity contribution in [3.8, 4) is 0 Å². The third-order valence-corrected chi connectivity index (χ3v) is 4.03. The molecule has 0 spiro atoms. The summed E-state index contributed by atoms with van der Waals surface area (Å²) in [5.74, 6) is 0.702. The highest BCUT2D eigenvalue weighted by Crippen LogP contribution is 2.22. The minimum Gasteiger partial charge on any atom is -0.459 e. The summed E-state index contributed by atoms with van der Waals surface area (Å²) in [6, 6.07) is 3.31. The molecule has 7 heteroatoms. The number of furan rings is 1. The maximum absolute atomic E-state index is 12.1. The number of anilines is 2. The van der Waals surface area contributed by atoms with Crippen molar-refractivity contribution in [3.63, 3.8) is 0 Å². The van der Waals surface area contributed by atoms with Gasteiger partial charge in [-0.05, 0) is 33.0 Å². The highest BCUT2D eigenvalue weighted by Gasteiger charge is 2.20. The van der Waals surface area contributed by atoms with E-state index in [1.165, 1.54) is 6.26 Å². The van der Waals surface area contributed by atoms with Gasteiger partial charge in [0.2, 0.25) is 5.95 Å². The van der Waals surface area contributed by atoms with Gasteiger partial charge in [0.25, 0.3) is 5.91 Å². The summed E-state index contributed by atoms with van der Waals surface area (Å²) in [6.07, 6.45) is 1.47. The van der Waals surface area contributed by atoms with Gasteiger partial charge in [0.1, 0.15) is 0 Å². The second-order valence-electron chi connectivity index (χ2n) is 5.79. The van der Waals surface area contributed by atoms with Gasteiger partial charge in [0.15, 0.2) is 5.76 Å². The van der Waals surface area contributed by atoms with Crippen LogP contribution >= 0.6 is 0 Å². The number of piperazine rings is 1. The van der Waals surface area contributed by atoms with Gasteiger partial charge in [-0.15, -0.1) is 0 Å². The predicted octanol–water partition coefficient (Wildman–Crippen LogP) is 1.69. The number of carbonyl (C=O) groups excluding carboxylic acids is 1. The molecule has 1 saturated heterocycles. The molecule has 3 rings (SSSR count). The van der Waals surface area contributed by atoms with Crippen molar-refractivity contribution in [1.82, 2.24) is 14.9 Å². The van der Waals surface area contributed by atoms with Crippen molar-refractivity contribution in [1.29, 1.82) is 0 Å². The lowest BCUT2D eigenvalue weighted by atomic mass is 10.2. The van der Waals surface area contributed by atoms with Crippen LogP contribution in [-0.2, 0) is 0 Å². The van der Waals surface area contributed by atoms with Crippen LogP contribution in [0.5, 0.6) is 0 Å². The average molecular weight is 315 g/mol. The average Bonchev–Trinajstić information content (AvgIpc) is 3.05. The number of aryl methyl sites for hydroxylation is 2. The van der Waals surface area contributed by atoms with Gasteiger partial charge < -0.3 is 19.5 Å². The quantitative estimate of drug-likeness (QED) is 0.929. The molecule has 1 fully saturated rings. The number of hydrogen-bond donors (Lipinski definition) is 1. The lowest BCUT2D eigenvalue weighted by Gasteiger charge is -2.32. The minimum absolute atomic E-state index is 0.270. The number of hydrogen-bond acceptors (Lipinski definition) is 6. The zero-order valence-corrected chi connectivity index (χ0v) is 13.7. The smallest absolute Gasteiger partial charge is 0.291 e. The first kappa shape index (κ1) is 15.5. The summed E-state index contributed by atoms with van der Waals surface area (Å²) in [4.78, 5) is 25.7. The molecule has 0 radical (unpaired) electrons. The highest BCUT2D eigenvalue weighted by atomic mass is 16.3. The molecule has 2 aromatic rings. The van der Waals surface area contributed by atoms with Crippen LogP contribution < -0.4 is 10.2 Å². The minimum atomic E-state index is -0.294. The van der Waals surface area contributed by atoms with E-state index < -0.39 is 0 Å². The van der Waals surface area contributed by atoms with Crippen molar-refractivity contribution in [3.05, 3.63) is 35.5 Å². The van der Waals surface area contributed by atoms with Crippen molar-refractivity contribution in [2.24, 2.45) is 0 Å². The molecular weight excluding hydrogens is 294 g/mol. The second kappa shape index (κ2) is 6.37. The molecule has 1 amide bonds. The van der Waals surface area contributed by atoms with Gasteiger partial charge in [0.05, 0.1) is 23.3 Å². The van der Waals surface area contributed by atoms with E-state index in [9.17, 15) is 4.79 Å². The molecule has 0 unspecified atom stereocenters. The Morgan fingerprint density at radius 2 is 1.83 bits per heavy atom. The molecule has 122 valence electrons. The van der Waals surface area contributed by atoms with Crippen LogP contribution in [0, 0.1) is 13.8 Å². The maximum atomic E-state index is 12.1. The number of nitrogens with zero attached hydrogens (tertiary/aromatic N) is 4. The third-order valence-electron chi connectivity index (χ3n) is 4.03. The lowest BCUT2D eigenvalue weighted by Crippen LogP contribution is -2.45. The zero-order chi connectivity index (χ0) is 16.4. The van der Waals surface area contributed by atoms with E-state index >= 15 is 0 Å². The number of carbonyl (C=O) groups is 1. The Kier molecular flexibility index (Phi) is 4.29. The number of nitrogens with one attached hydrogen (secondary N) is 1. The van der Waals surface area contributed by atoms with E-state index in [0.717, 1.165) is 43.5 Å². The number of likely N-dealkylation sites (N-methyl/N-ethyl adjacent to an activating group) is 1. The lowest BCUT2D eigenvalue weighted by molar-refractivity contribution is 0.0996. The molecule has 2 aromatic heterocycles. The Hall–Kier alpha value is -2.41. The summed E-state index contributed by atoms with van der Waals surface area (Å²) >= 11 is 0. The molecule has 0 atom stereocenters. The Morgan fingerprint density at radius 1 is 1.17 bits per heavy atom. The van der Waals surface area contributed by atoms with Crippen molar-refractivity contribution in [2.75, 3.05) is 43.4 Å². The molecule has 7 nitrogen and oxygen atoms in total. The van der Waals surface area contributed by atoms with Crippen LogP contribution in [0.25, 0.3) is 0 Å². The van der Waals surface area contributed by atoms with Crippen molar-refractivity contribution in [2.45, 2.75) is 13.8 Å². The molecule has 0 aromatic carbocycles. The number of aromatic nitrogens is 2. The molecular formula is C16H21N5O2. The molecule has 0 bridgehead atoms. The predicted molar refractivity (Wildman–Crippen MR) is 87.9 cm³/mol. The first-order valence-corrected chi connectivity index (χ1v) is 7.68. The van der Waals surface area contributed by atoms with Crippen LogP contribution in [0.2, 0.25) is 0 Å². The Labute approximate surface area is 135 Å². The second-order valence-corrected chi connectivity index (χ2v) is 5.79. The Balaban J connectivity index is 1.79. The van der Waals surface area contributed by atoms with Crippen molar-refractivity contribution >= 4 is 17.5 Å². The monoisotopic (exact) mass is 315 g/mol. The SMILES string of the molecule is Cc1nc(N2CCN(C)CC2)nc(C)c1NC(=O)c1ccco1. The van der Waals surface area contributed by atoms with Gasteiger partial charge in [-0.1, -0.05) is 0 Å². The molecule has 3 heterocycles. The Morgan fingerprint density at radius 3 is 2.39 bits per heavy atom. The van der Waals surface area contributed by atoms with E-state index in [0.29, 0.717) is 5.69 Å². The molecule has 1 aliphatic heterocycles. The van der Waals surface area contributed by atoms with E-state index in [1.807, 2.05) is 13.8 Å². The van der Waals surface area contributed by atoms with Crippen LogP contribution in [0.15, 0.2) is 22.8 Å². The fourth-order valence-corrected chi connectivity index (χ4v) is 2.61. The summed E-state index contributed by atoms with van der Waals surface area (Å²) in [7, 11) is 2.11. The fraction of sp³-hybridized carbons (Fsp3) is 0.438. The summed E-state index contributed by atoms with van der Waals surface area (Å²) < 4.78 is 5.11. The normalized spacial score (nSPS) is 15.7. The van der Waals surface area contributed by atoms with E-state index in [1.54, 1.807) is 12.1 Å². The van der Waals surface area contributed by atoms with Crippen LogP contribution in [0.3, 0.4) is 0 Å². The van der Waals surface area contributed by atoms with Gasteiger partial charge in [0, 0.05) is 26.2 Å². The molecule has 0 aliphatic carbocycles. The van der Waals surface area contributed by atoms with Crippen molar-refractivity contribution < 1.29 is 9.21 Å². The Bertz CT molecular complexity index is 667. The van der Waals surface area contributed by atoms with Gasteiger partial charge in [-0.2, -0.15) is 0 Å². The molecule has 23 heavy (non-hydrogen) atoms. The first-order chi connectivity index (χ1) is 11.0. The highest BCUT2D eigenvalue weighted by molar-refractivity contribution is 6.02. The topological polar surface area (TPSA) is 74.5 Å². The van der Waals surface area contributed by atoms with Crippen LogP contribution in [0.4, 0.5) is 11.6 Å². The maximum Gasteiger partial charge on any atom is 0.291 e. The fourth-order valence-electron chi connectivity index (χ4n) is 2.61. The molecule has 0 saturated carbocycles. The van der Waals surface area contributed by atoms with E-state index in [-0.39, 0.29) is 11.7 Å². The van der Waals surface area contributed by atoms with E-state index in [2.05, 4.69) is 32.1 Å². The van der Waals surface area contributed by atoms with Gasteiger partial charge in [-0.3, -0.25) is 4.79 Å². The number of rotatable bonds is 3. The van der Waals surface area contributed by atoms with Gasteiger partial charge in [-0.25, -0.2) is 9.97 Å². The van der Waals surface area contributed by atoms with Crippen LogP contribution in [0.1, 0.15) is 21.9 Å². The standard InChI is InChI=1S/C16H21N5O2/c1-11-14(19-15(22)13-5-4-10-23-13)12(2)18-16(17-11)21-8-6-20(3)7-9-21/h4-5,10H,6-9H2,1-3H3,(H,19,22). The largest absolute Gasteiger partial charge is 0.459 e.